The van der Waals surface area contributed by atoms with Gasteiger partial charge in [-0.3, -0.25) is 0 Å². The van der Waals surface area contributed by atoms with Crippen LogP contribution in [0.1, 0.15) is 25.8 Å². The van der Waals surface area contributed by atoms with Crippen LogP contribution in [0, 0.1) is 11.7 Å². The van der Waals surface area contributed by atoms with Gasteiger partial charge >= 0.3 is 0 Å². The number of rotatable bonds is 4. The highest BCUT2D eigenvalue weighted by molar-refractivity contribution is 9.10. The fraction of sp³-hybridized carbons (Fsp3) is 0.500. The molecule has 0 saturated carbocycles. The zero-order valence-corrected chi connectivity index (χ0v) is 12.1. The molecule has 0 bridgehead atoms. The molecule has 2 atom stereocenters. The molecule has 0 aliphatic rings. The molecule has 1 aromatic carbocycles. The van der Waals surface area contributed by atoms with Gasteiger partial charge in [0.2, 0.25) is 0 Å². The maximum Gasteiger partial charge on any atom is 0.124 e. The third kappa shape index (κ3) is 3.87. The minimum Gasteiger partial charge on any atom is -0.207 e. The van der Waals surface area contributed by atoms with Crippen molar-refractivity contribution in [3.63, 3.8) is 0 Å². The Hall–Kier alpha value is 0.110. The third-order valence-electron chi connectivity index (χ3n) is 2.67. The average molecular weight is 338 g/mol. The lowest BCUT2D eigenvalue weighted by Gasteiger charge is -2.18. The van der Waals surface area contributed by atoms with Crippen molar-refractivity contribution in [2.24, 2.45) is 5.92 Å². The van der Waals surface area contributed by atoms with E-state index in [-0.39, 0.29) is 5.82 Å². The second kappa shape index (κ2) is 6.00. The topological polar surface area (TPSA) is 0 Å². The Bertz CT molecular complexity index is 323. The summed E-state index contributed by atoms with van der Waals surface area (Å²) in [4.78, 5) is 0.486. The molecule has 0 aliphatic carbocycles. The fourth-order valence-corrected chi connectivity index (χ4v) is 2.67. The number of alkyl halides is 1. The van der Waals surface area contributed by atoms with Crippen LogP contribution in [0.15, 0.2) is 22.7 Å². The standard InChI is InChI=1S/C12H15Br2F/c1-3-9(8(2)13)6-10-4-5-11(15)7-12(10)14/h4-5,7-9H,3,6H2,1-2H3. The van der Waals surface area contributed by atoms with Gasteiger partial charge in [0.1, 0.15) is 5.82 Å². The van der Waals surface area contributed by atoms with Gasteiger partial charge in [0, 0.05) is 9.30 Å². The minimum absolute atomic E-state index is 0.189. The van der Waals surface area contributed by atoms with Crippen molar-refractivity contribution in [2.75, 3.05) is 0 Å². The van der Waals surface area contributed by atoms with E-state index in [2.05, 4.69) is 45.7 Å². The van der Waals surface area contributed by atoms with Crippen LogP contribution in [-0.4, -0.2) is 4.83 Å². The van der Waals surface area contributed by atoms with Crippen LogP contribution in [-0.2, 0) is 6.42 Å². The van der Waals surface area contributed by atoms with Crippen molar-refractivity contribution in [2.45, 2.75) is 31.5 Å². The van der Waals surface area contributed by atoms with Crippen LogP contribution in [0.2, 0.25) is 0 Å². The first kappa shape index (κ1) is 13.2. The van der Waals surface area contributed by atoms with Gasteiger partial charge in [-0.15, -0.1) is 0 Å². The molecule has 3 heteroatoms. The van der Waals surface area contributed by atoms with Gasteiger partial charge in [0.15, 0.2) is 0 Å². The first-order chi connectivity index (χ1) is 7.04. The van der Waals surface area contributed by atoms with E-state index in [9.17, 15) is 4.39 Å². The smallest absolute Gasteiger partial charge is 0.124 e. The van der Waals surface area contributed by atoms with Gasteiger partial charge in [0.05, 0.1) is 0 Å². The van der Waals surface area contributed by atoms with Crippen molar-refractivity contribution in [1.29, 1.82) is 0 Å². The van der Waals surface area contributed by atoms with E-state index >= 15 is 0 Å². The molecule has 0 spiro atoms. The molecule has 0 heterocycles. The molecule has 1 rings (SSSR count). The summed E-state index contributed by atoms with van der Waals surface area (Å²) >= 11 is 7.01. The molecule has 15 heavy (non-hydrogen) atoms. The van der Waals surface area contributed by atoms with Crippen LogP contribution in [0.4, 0.5) is 4.39 Å². The monoisotopic (exact) mass is 336 g/mol. The predicted molar refractivity (Wildman–Crippen MR) is 70.0 cm³/mol. The lowest BCUT2D eigenvalue weighted by Crippen LogP contribution is -2.13. The molecule has 0 radical (unpaired) electrons. The van der Waals surface area contributed by atoms with Gasteiger partial charge in [-0.2, -0.15) is 0 Å². The Morgan fingerprint density at radius 1 is 1.40 bits per heavy atom. The van der Waals surface area contributed by atoms with E-state index < -0.39 is 0 Å². The summed E-state index contributed by atoms with van der Waals surface area (Å²) in [7, 11) is 0. The summed E-state index contributed by atoms with van der Waals surface area (Å²) in [5.74, 6) is 0.400. The van der Waals surface area contributed by atoms with Crippen molar-refractivity contribution in [3.8, 4) is 0 Å². The minimum atomic E-state index is -0.189. The zero-order valence-electron chi connectivity index (χ0n) is 8.93. The molecule has 0 N–H and O–H groups in total. The first-order valence-electron chi connectivity index (χ1n) is 5.12. The van der Waals surface area contributed by atoms with Gasteiger partial charge in [-0.25, -0.2) is 4.39 Å². The van der Waals surface area contributed by atoms with Gasteiger partial charge in [-0.05, 0) is 30.0 Å². The molecule has 0 aliphatic heterocycles. The van der Waals surface area contributed by atoms with Crippen LogP contribution >= 0.6 is 31.9 Å². The second-order valence-electron chi connectivity index (χ2n) is 3.79. The molecule has 2 unspecified atom stereocenters. The highest BCUT2D eigenvalue weighted by atomic mass is 79.9. The largest absolute Gasteiger partial charge is 0.207 e. The summed E-state index contributed by atoms with van der Waals surface area (Å²) in [6.07, 6.45) is 2.10. The molecule has 0 aromatic heterocycles. The normalized spacial score (nSPS) is 15.0. The number of hydrogen-bond donors (Lipinski definition) is 0. The Kier molecular flexibility index (Phi) is 5.27. The lowest BCUT2D eigenvalue weighted by atomic mass is 9.94. The molecule has 0 amide bonds. The molecule has 0 saturated heterocycles. The van der Waals surface area contributed by atoms with Gasteiger partial charge in [0.25, 0.3) is 0 Å². The fourth-order valence-electron chi connectivity index (χ4n) is 1.60. The molecule has 84 valence electrons. The Balaban J connectivity index is 2.79. The summed E-state index contributed by atoms with van der Waals surface area (Å²) < 4.78 is 13.8. The second-order valence-corrected chi connectivity index (χ2v) is 6.08. The highest BCUT2D eigenvalue weighted by Crippen LogP contribution is 2.26. The molecule has 0 nitrogen and oxygen atoms in total. The number of hydrogen-bond acceptors (Lipinski definition) is 0. The average Bonchev–Trinajstić information content (AvgIpc) is 2.16. The van der Waals surface area contributed by atoms with Crippen molar-refractivity contribution < 1.29 is 4.39 Å². The maximum absolute atomic E-state index is 12.9. The molecular formula is C12H15Br2F. The Labute approximate surface area is 108 Å². The van der Waals surface area contributed by atoms with Crippen LogP contribution in [0.5, 0.6) is 0 Å². The lowest BCUT2D eigenvalue weighted by molar-refractivity contribution is 0.506. The van der Waals surface area contributed by atoms with Crippen LogP contribution in [0.25, 0.3) is 0 Å². The quantitative estimate of drug-likeness (QED) is 0.682. The van der Waals surface area contributed by atoms with Crippen LogP contribution < -0.4 is 0 Å². The summed E-state index contributed by atoms with van der Waals surface area (Å²) in [6, 6.07) is 4.91. The van der Waals surface area contributed by atoms with Crippen LogP contribution in [0.3, 0.4) is 0 Å². The van der Waals surface area contributed by atoms with E-state index in [1.54, 1.807) is 0 Å². The van der Waals surface area contributed by atoms with E-state index in [4.69, 9.17) is 0 Å². The summed E-state index contributed by atoms with van der Waals surface area (Å²) in [5.41, 5.74) is 1.18. The Morgan fingerprint density at radius 3 is 2.53 bits per heavy atom. The molecule has 0 fully saturated rings. The zero-order chi connectivity index (χ0) is 11.4. The Morgan fingerprint density at radius 2 is 2.07 bits per heavy atom. The van der Waals surface area contributed by atoms with E-state index in [1.165, 1.54) is 17.7 Å². The number of halogens is 3. The predicted octanol–water partition coefficient (Wildman–Crippen LogP) is 4.94. The van der Waals surface area contributed by atoms with Gasteiger partial charge < -0.3 is 0 Å². The van der Waals surface area contributed by atoms with Gasteiger partial charge in [-0.1, -0.05) is 58.2 Å². The van der Waals surface area contributed by atoms with Crippen molar-refractivity contribution in [1.82, 2.24) is 0 Å². The van der Waals surface area contributed by atoms with E-state index in [1.807, 2.05) is 6.07 Å². The van der Waals surface area contributed by atoms with E-state index in [0.717, 1.165) is 17.3 Å². The third-order valence-corrected chi connectivity index (χ3v) is 4.16. The molecular weight excluding hydrogens is 323 g/mol. The van der Waals surface area contributed by atoms with Crippen molar-refractivity contribution >= 4 is 31.9 Å². The SMILES string of the molecule is CCC(Cc1ccc(F)cc1Br)C(C)Br. The van der Waals surface area contributed by atoms with Crippen molar-refractivity contribution in [3.05, 3.63) is 34.1 Å². The maximum atomic E-state index is 12.9. The number of benzene rings is 1. The first-order valence-corrected chi connectivity index (χ1v) is 6.83. The highest BCUT2D eigenvalue weighted by Gasteiger charge is 2.14. The van der Waals surface area contributed by atoms with E-state index in [0.29, 0.717) is 10.7 Å². The summed E-state index contributed by atoms with van der Waals surface area (Å²) in [5, 5.41) is 0. The summed E-state index contributed by atoms with van der Waals surface area (Å²) in [6.45, 7) is 4.34. The molecule has 1 aromatic rings.